The minimum absolute atomic E-state index is 0.0214. The zero-order chi connectivity index (χ0) is 21.1. The molecule has 0 aliphatic carbocycles. The number of nitrogen functional groups attached to an aromatic ring is 1. The fourth-order valence-electron chi connectivity index (χ4n) is 2.70. The van der Waals surface area contributed by atoms with Crippen LogP contribution in [0.4, 0.5) is 11.4 Å². The number of carbonyl (C=O) groups is 3. The van der Waals surface area contributed by atoms with Crippen molar-refractivity contribution in [3.8, 4) is 0 Å². The van der Waals surface area contributed by atoms with Gasteiger partial charge in [0.15, 0.2) is 5.78 Å². The molecule has 3 aromatic carbocycles. The lowest BCUT2D eigenvalue weighted by Gasteiger charge is -2.14. The third-order valence-electron chi connectivity index (χ3n) is 4.13. The van der Waals surface area contributed by atoms with Crippen LogP contribution in [0.3, 0.4) is 0 Å². The van der Waals surface area contributed by atoms with Crippen molar-refractivity contribution >= 4 is 52.2 Å². The lowest BCUT2D eigenvalue weighted by Crippen LogP contribution is -2.18. The normalized spacial score (nSPS) is 10.4. The molecule has 0 spiro atoms. The van der Waals surface area contributed by atoms with E-state index in [0.717, 1.165) is 0 Å². The maximum Gasteiger partial charge on any atom is 0.337 e. The van der Waals surface area contributed by atoms with Gasteiger partial charge in [0, 0.05) is 21.8 Å². The predicted octanol–water partition coefficient (Wildman–Crippen LogP) is 4.76. The molecule has 0 bridgehead atoms. The number of halogens is 2. The number of carbonyl (C=O) groups excluding carboxylic acids is 2. The second-order valence-electron chi connectivity index (χ2n) is 6.06. The van der Waals surface area contributed by atoms with E-state index in [2.05, 4.69) is 5.32 Å². The molecule has 0 radical (unpaired) electrons. The van der Waals surface area contributed by atoms with Crippen LogP contribution in [0, 0.1) is 0 Å². The van der Waals surface area contributed by atoms with Crippen LogP contribution in [0.1, 0.15) is 36.6 Å². The van der Waals surface area contributed by atoms with Gasteiger partial charge in [-0.1, -0.05) is 29.3 Å². The van der Waals surface area contributed by atoms with Gasteiger partial charge in [-0.15, -0.1) is 0 Å². The van der Waals surface area contributed by atoms with Gasteiger partial charge in [0.25, 0.3) is 5.91 Å². The van der Waals surface area contributed by atoms with Gasteiger partial charge in [-0.3, -0.25) is 9.59 Å². The quantitative estimate of drug-likeness (QED) is 0.400. The average Bonchev–Trinajstić information content (AvgIpc) is 2.68. The molecule has 0 aromatic heterocycles. The molecule has 0 saturated heterocycles. The molecule has 8 heteroatoms. The van der Waals surface area contributed by atoms with E-state index in [4.69, 9.17) is 28.9 Å². The lowest BCUT2D eigenvalue weighted by atomic mass is 9.98. The second-order valence-corrected chi connectivity index (χ2v) is 6.91. The van der Waals surface area contributed by atoms with Gasteiger partial charge in [0.1, 0.15) is 0 Å². The number of nitrogens with two attached hydrogens (primary N) is 1. The van der Waals surface area contributed by atoms with Gasteiger partial charge in [-0.05, 0) is 54.6 Å². The molecule has 0 fully saturated rings. The van der Waals surface area contributed by atoms with E-state index in [1.165, 1.54) is 48.5 Å². The molecular formula is C21H14Cl2N2O4. The number of anilines is 2. The first kappa shape index (κ1) is 20.4. The molecule has 0 saturated carbocycles. The average molecular weight is 429 g/mol. The summed E-state index contributed by atoms with van der Waals surface area (Å²) in [7, 11) is 0. The van der Waals surface area contributed by atoms with E-state index in [0.29, 0.717) is 16.3 Å². The number of carboxylic acids is 1. The number of ketones is 1. The molecule has 0 unspecified atom stereocenters. The van der Waals surface area contributed by atoms with Crippen molar-refractivity contribution in [2.45, 2.75) is 0 Å². The Morgan fingerprint density at radius 3 is 2.14 bits per heavy atom. The number of rotatable bonds is 5. The summed E-state index contributed by atoms with van der Waals surface area (Å²) in [4.78, 5) is 37.4. The third-order valence-corrected chi connectivity index (χ3v) is 4.67. The maximum absolute atomic E-state index is 13.0. The highest BCUT2D eigenvalue weighted by Gasteiger charge is 2.22. The van der Waals surface area contributed by atoms with Crippen LogP contribution in [0.5, 0.6) is 0 Å². The first-order valence-electron chi connectivity index (χ1n) is 8.31. The van der Waals surface area contributed by atoms with Crippen LogP contribution >= 0.6 is 23.2 Å². The van der Waals surface area contributed by atoms with Gasteiger partial charge >= 0.3 is 5.97 Å². The highest BCUT2D eigenvalue weighted by molar-refractivity contribution is 6.37. The molecule has 3 rings (SSSR count). The topological polar surface area (TPSA) is 109 Å². The molecule has 3 aromatic rings. The van der Waals surface area contributed by atoms with E-state index in [-0.39, 0.29) is 27.4 Å². The van der Waals surface area contributed by atoms with Gasteiger partial charge < -0.3 is 16.2 Å². The van der Waals surface area contributed by atoms with Crippen molar-refractivity contribution in [3.05, 3.63) is 93.0 Å². The van der Waals surface area contributed by atoms with Crippen LogP contribution in [0.15, 0.2) is 60.7 Å². The number of para-hydroxylation sites is 1. The molecule has 6 nitrogen and oxygen atoms in total. The minimum Gasteiger partial charge on any atom is -0.478 e. The standard InChI is InChI=1S/C21H14Cl2N2O4/c22-12-6-9-14(17(23)10-12)20(27)25-18-15(2-1-3-16(18)21(28)29)19(26)11-4-7-13(24)8-5-11/h1-10H,24H2,(H,25,27)(H,28,29). The summed E-state index contributed by atoms with van der Waals surface area (Å²) in [5.41, 5.74) is 6.17. The number of amides is 1. The van der Waals surface area contributed by atoms with E-state index in [1.54, 1.807) is 12.1 Å². The van der Waals surface area contributed by atoms with Gasteiger partial charge in [-0.25, -0.2) is 4.79 Å². The third kappa shape index (κ3) is 4.39. The molecule has 0 atom stereocenters. The minimum atomic E-state index is -1.30. The van der Waals surface area contributed by atoms with Crippen molar-refractivity contribution in [2.75, 3.05) is 11.1 Å². The number of hydrogen-bond donors (Lipinski definition) is 3. The first-order valence-corrected chi connectivity index (χ1v) is 9.06. The Morgan fingerprint density at radius 1 is 0.862 bits per heavy atom. The Labute approximate surface area is 175 Å². The summed E-state index contributed by atoms with van der Waals surface area (Å²) in [5, 5.41) is 12.5. The number of hydrogen-bond acceptors (Lipinski definition) is 4. The summed E-state index contributed by atoms with van der Waals surface area (Å²) in [6.07, 6.45) is 0. The predicted molar refractivity (Wildman–Crippen MR) is 112 cm³/mol. The van der Waals surface area contributed by atoms with Crippen LogP contribution in [-0.4, -0.2) is 22.8 Å². The monoisotopic (exact) mass is 428 g/mol. The van der Waals surface area contributed by atoms with E-state index in [1.807, 2.05) is 0 Å². The summed E-state index contributed by atoms with van der Waals surface area (Å²) < 4.78 is 0. The number of carboxylic acid groups (broad SMARTS) is 1. The fourth-order valence-corrected chi connectivity index (χ4v) is 3.19. The summed E-state index contributed by atoms with van der Waals surface area (Å²) >= 11 is 11.9. The largest absolute Gasteiger partial charge is 0.478 e. The van der Waals surface area contributed by atoms with Crippen molar-refractivity contribution in [1.29, 1.82) is 0 Å². The van der Waals surface area contributed by atoms with Crippen molar-refractivity contribution in [3.63, 3.8) is 0 Å². The summed E-state index contributed by atoms with van der Waals surface area (Å²) in [6, 6.07) is 14.6. The van der Waals surface area contributed by atoms with E-state index in [9.17, 15) is 19.5 Å². The van der Waals surface area contributed by atoms with Crippen LogP contribution < -0.4 is 11.1 Å². The summed E-state index contributed by atoms with van der Waals surface area (Å²) in [5.74, 6) is -2.44. The Balaban J connectivity index is 2.06. The second kappa shape index (κ2) is 8.34. The van der Waals surface area contributed by atoms with Gasteiger partial charge in [0.05, 0.1) is 21.8 Å². The van der Waals surface area contributed by atoms with Gasteiger partial charge in [0.2, 0.25) is 0 Å². The Hall–Kier alpha value is -3.35. The smallest absolute Gasteiger partial charge is 0.337 e. The highest BCUT2D eigenvalue weighted by atomic mass is 35.5. The zero-order valence-electron chi connectivity index (χ0n) is 14.8. The summed E-state index contributed by atoms with van der Waals surface area (Å²) in [6.45, 7) is 0. The Bertz CT molecular complexity index is 1130. The molecule has 0 aliphatic rings. The Morgan fingerprint density at radius 2 is 1.52 bits per heavy atom. The van der Waals surface area contributed by atoms with Crippen molar-refractivity contribution in [1.82, 2.24) is 0 Å². The van der Waals surface area contributed by atoms with Crippen LogP contribution in [0.25, 0.3) is 0 Å². The highest BCUT2D eigenvalue weighted by Crippen LogP contribution is 2.27. The number of nitrogens with one attached hydrogen (secondary N) is 1. The molecule has 4 N–H and O–H groups in total. The first-order chi connectivity index (χ1) is 13.8. The zero-order valence-corrected chi connectivity index (χ0v) is 16.3. The lowest BCUT2D eigenvalue weighted by molar-refractivity contribution is 0.0698. The number of benzene rings is 3. The SMILES string of the molecule is Nc1ccc(C(=O)c2cccc(C(=O)O)c2NC(=O)c2ccc(Cl)cc2Cl)cc1. The van der Waals surface area contributed by atoms with Crippen molar-refractivity contribution < 1.29 is 19.5 Å². The molecule has 0 aliphatic heterocycles. The van der Waals surface area contributed by atoms with E-state index < -0.39 is 17.7 Å². The number of aromatic carboxylic acids is 1. The van der Waals surface area contributed by atoms with E-state index >= 15 is 0 Å². The van der Waals surface area contributed by atoms with Crippen LogP contribution in [-0.2, 0) is 0 Å². The Kier molecular flexibility index (Phi) is 5.87. The molecule has 1 amide bonds. The molecule has 29 heavy (non-hydrogen) atoms. The molecule has 0 heterocycles. The van der Waals surface area contributed by atoms with Crippen LogP contribution in [0.2, 0.25) is 10.0 Å². The van der Waals surface area contributed by atoms with Gasteiger partial charge in [-0.2, -0.15) is 0 Å². The molecular weight excluding hydrogens is 415 g/mol. The van der Waals surface area contributed by atoms with Crippen molar-refractivity contribution in [2.24, 2.45) is 0 Å². The fraction of sp³-hybridized carbons (Fsp3) is 0. The molecule has 146 valence electrons. The maximum atomic E-state index is 13.0.